The van der Waals surface area contributed by atoms with Gasteiger partial charge in [0, 0.05) is 6.07 Å². The van der Waals surface area contributed by atoms with Gasteiger partial charge in [-0.15, -0.1) is 0 Å². The number of nitro benzene ring substituents is 1. The number of nitro groups is 1. The van der Waals surface area contributed by atoms with Gasteiger partial charge in [-0.1, -0.05) is 29.3 Å². The normalized spacial score (nSPS) is 15.0. The third-order valence-corrected chi connectivity index (χ3v) is 6.59. The fourth-order valence-electron chi connectivity index (χ4n) is 3.41. The topological polar surface area (TPSA) is 119 Å². The summed E-state index contributed by atoms with van der Waals surface area (Å²) < 4.78 is 44.5. The van der Waals surface area contributed by atoms with Gasteiger partial charge in [-0.25, -0.2) is 9.69 Å². The van der Waals surface area contributed by atoms with Crippen molar-refractivity contribution < 1.29 is 37.2 Å². The summed E-state index contributed by atoms with van der Waals surface area (Å²) >= 11 is 15.1. The van der Waals surface area contributed by atoms with Crippen LogP contribution in [0.5, 0.6) is 11.5 Å². The van der Waals surface area contributed by atoms with E-state index in [4.69, 9.17) is 27.9 Å². The zero-order valence-corrected chi connectivity index (χ0v) is 22.0. The summed E-state index contributed by atoms with van der Waals surface area (Å²) in [6, 6.07) is 8.91. The van der Waals surface area contributed by atoms with Crippen molar-refractivity contribution in [2.75, 3.05) is 4.90 Å². The zero-order valence-electron chi connectivity index (χ0n) is 18.9. The molecular weight excluding hydrogens is 634 g/mol. The number of rotatable bonds is 5. The van der Waals surface area contributed by atoms with Gasteiger partial charge in [0.05, 0.1) is 30.7 Å². The molecule has 0 aliphatic carbocycles. The maximum atomic E-state index is 13.1. The molecule has 1 N–H and O–H groups in total. The van der Waals surface area contributed by atoms with Gasteiger partial charge in [0.2, 0.25) is 5.75 Å². The Kier molecular flexibility index (Phi) is 7.68. The Morgan fingerprint density at radius 1 is 0.974 bits per heavy atom. The van der Waals surface area contributed by atoms with Crippen LogP contribution >= 0.6 is 39.1 Å². The van der Waals surface area contributed by atoms with Crippen molar-refractivity contribution in [3.63, 3.8) is 0 Å². The number of ether oxygens (including phenoxy) is 1. The maximum absolute atomic E-state index is 13.1. The number of imide groups is 2. The summed E-state index contributed by atoms with van der Waals surface area (Å²) in [5.74, 6) is -2.36. The molecule has 0 aromatic heterocycles. The van der Waals surface area contributed by atoms with Crippen LogP contribution in [0.2, 0.25) is 10.0 Å². The van der Waals surface area contributed by atoms with Crippen LogP contribution in [0.3, 0.4) is 0 Å². The highest BCUT2D eigenvalue weighted by atomic mass is 79.9. The average Bonchev–Trinajstić information content (AvgIpc) is 2.84. The third-order valence-electron chi connectivity index (χ3n) is 5.23. The van der Waals surface area contributed by atoms with Crippen LogP contribution in [-0.4, -0.2) is 22.8 Å². The summed E-state index contributed by atoms with van der Waals surface area (Å²) in [4.78, 5) is 48.9. The molecule has 9 nitrogen and oxygen atoms in total. The minimum Gasteiger partial charge on any atom is -0.449 e. The van der Waals surface area contributed by atoms with Gasteiger partial charge in [-0.05, 0) is 70.0 Å². The minimum atomic E-state index is -4.79. The second kappa shape index (κ2) is 10.7. The number of hydrogen-bond donors (Lipinski definition) is 1. The molecule has 1 fully saturated rings. The predicted molar refractivity (Wildman–Crippen MR) is 138 cm³/mol. The van der Waals surface area contributed by atoms with E-state index in [1.54, 1.807) is 0 Å². The number of benzene rings is 3. The first-order chi connectivity index (χ1) is 18.3. The maximum Gasteiger partial charge on any atom is 0.416 e. The fraction of sp³-hybridized carbons (Fsp3) is 0.0417. The molecule has 1 aliphatic rings. The Labute approximate surface area is 235 Å². The van der Waals surface area contributed by atoms with E-state index in [1.807, 2.05) is 0 Å². The molecule has 0 unspecified atom stereocenters. The first-order valence-electron chi connectivity index (χ1n) is 10.5. The van der Waals surface area contributed by atoms with Crippen LogP contribution in [0.25, 0.3) is 6.08 Å². The number of barbiturate groups is 1. The molecule has 200 valence electrons. The molecule has 1 heterocycles. The highest BCUT2D eigenvalue weighted by molar-refractivity contribution is 9.10. The van der Waals surface area contributed by atoms with Crippen molar-refractivity contribution in [2.45, 2.75) is 6.18 Å². The summed E-state index contributed by atoms with van der Waals surface area (Å²) in [5.41, 5.74) is -2.18. The monoisotopic (exact) mass is 643 g/mol. The highest BCUT2D eigenvalue weighted by Gasteiger charge is 2.37. The first-order valence-corrected chi connectivity index (χ1v) is 12.0. The molecule has 0 atom stereocenters. The van der Waals surface area contributed by atoms with Gasteiger partial charge in [0.15, 0.2) is 0 Å². The van der Waals surface area contributed by atoms with Gasteiger partial charge in [-0.2, -0.15) is 13.2 Å². The van der Waals surface area contributed by atoms with Crippen LogP contribution in [0, 0.1) is 10.1 Å². The number of anilines is 1. The van der Waals surface area contributed by atoms with Gasteiger partial charge in [-0.3, -0.25) is 25.0 Å². The standard InChI is InChI=1S/C24H11BrCl2F3N3O6/c25-15-8-11(1-5-19(15)39-20-6-2-12(24(28,29)30)9-18(20)33(37)38)7-14-21(34)31-23(36)32(22(14)35)13-3-4-16(26)17(27)10-13/h1-10H,(H,31,34,36)/b14-7+. The number of amides is 4. The van der Waals surface area contributed by atoms with Crippen LogP contribution < -0.4 is 15.0 Å². The van der Waals surface area contributed by atoms with Gasteiger partial charge >= 0.3 is 17.9 Å². The third kappa shape index (κ3) is 5.90. The number of nitrogens with one attached hydrogen (secondary N) is 1. The Balaban J connectivity index is 1.64. The molecular formula is C24H11BrCl2F3N3O6. The second-order valence-corrected chi connectivity index (χ2v) is 9.45. The van der Waals surface area contributed by atoms with E-state index in [-0.39, 0.29) is 31.5 Å². The number of carbonyl (C=O) groups is 3. The average molecular weight is 645 g/mol. The van der Waals surface area contributed by atoms with Crippen molar-refractivity contribution in [3.8, 4) is 11.5 Å². The number of nitrogens with zero attached hydrogens (tertiary/aromatic N) is 2. The van der Waals surface area contributed by atoms with Crippen molar-refractivity contribution in [2.24, 2.45) is 0 Å². The molecule has 4 amide bonds. The highest BCUT2D eigenvalue weighted by Crippen LogP contribution is 2.40. The lowest BCUT2D eigenvalue weighted by Gasteiger charge is -2.26. The molecule has 39 heavy (non-hydrogen) atoms. The number of halogens is 6. The summed E-state index contributed by atoms with van der Waals surface area (Å²) in [6.45, 7) is 0. The van der Waals surface area contributed by atoms with E-state index >= 15 is 0 Å². The Hall–Kier alpha value is -3.94. The Morgan fingerprint density at radius 3 is 2.28 bits per heavy atom. The summed E-state index contributed by atoms with van der Waals surface area (Å²) in [6.07, 6.45) is -3.61. The summed E-state index contributed by atoms with van der Waals surface area (Å²) in [7, 11) is 0. The van der Waals surface area contributed by atoms with Gasteiger partial charge in [0.25, 0.3) is 11.8 Å². The van der Waals surface area contributed by atoms with E-state index in [0.29, 0.717) is 17.0 Å². The van der Waals surface area contributed by atoms with E-state index in [0.717, 1.165) is 6.07 Å². The van der Waals surface area contributed by atoms with Crippen LogP contribution in [0.15, 0.2) is 64.6 Å². The SMILES string of the molecule is O=C1NC(=O)N(c2ccc(Cl)c(Cl)c2)C(=O)/C1=C/c1ccc(Oc2ccc(C(F)(F)F)cc2[N+](=O)[O-])c(Br)c1. The molecule has 1 saturated heterocycles. The van der Waals surface area contributed by atoms with E-state index in [2.05, 4.69) is 21.2 Å². The smallest absolute Gasteiger partial charge is 0.416 e. The largest absolute Gasteiger partial charge is 0.449 e. The van der Waals surface area contributed by atoms with Crippen LogP contribution in [-0.2, 0) is 15.8 Å². The van der Waals surface area contributed by atoms with E-state index in [1.165, 1.54) is 42.5 Å². The van der Waals surface area contributed by atoms with Crippen molar-refractivity contribution in [1.82, 2.24) is 5.32 Å². The number of carbonyl (C=O) groups excluding carboxylic acids is 3. The van der Waals surface area contributed by atoms with Crippen molar-refractivity contribution in [1.29, 1.82) is 0 Å². The molecule has 1 aliphatic heterocycles. The number of alkyl halides is 3. The lowest BCUT2D eigenvalue weighted by atomic mass is 10.1. The van der Waals surface area contributed by atoms with Gasteiger partial charge in [0.1, 0.15) is 11.3 Å². The van der Waals surface area contributed by atoms with Crippen molar-refractivity contribution >= 4 is 74.4 Å². The zero-order chi connectivity index (χ0) is 28.6. The molecule has 0 bridgehead atoms. The molecule has 0 radical (unpaired) electrons. The molecule has 15 heteroatoms. The molecule has 3 aromatic carbocycles. The van der Waals surface area contributed by atoms with Gasteiger partial charge < -0.3 is 4.74 Å². The lowest BCUT2D eigenvalue weighted by Crippen LogP contribution is -2.54. The van der Waals surface area contributed by atoms with E-state index < -0.39 is 51.5 Å². The second-order valence-electron chi connectivity index (χ2n) is 7.79. The number of hydrogen-bond acceptors (Lipinski definition) is 6. The molecule has 0 saturated carbocycles. The van der Waals surface area contributed by atoms with Crippen LogP contribution in [0.1, 0.15) is 11.1 Å². The minimum absolute atomic E-state index is 0.00737. The number of urea groups is 1. The molecule has 0 spiro atoms. The fourth-order valence-corrected chi connectivity index (χ4v) is 4.18. The quantitative estimate of drug-likeness (QED) is 0.136. The Morgan fingerprint density at radius 2 is 1.67 bits per heavy atom. The molecule has 4 rings (SSSR count). The van der Waals surface area contributed by atoms with Crippen LogP contribution in [0.4, 0.5) is 29.3 Å². The first kappa shape index (κ1) is 28.1. The lowest BCUT2D eigenvalue weighted by molar-refractivity contribution is -0.385. The predicted octanol–water partition coefficient (Wildman–Crippen LogP) is 7.14. The Bertz CT molecular complexity index is 1600. The van der Waals surface area contributed by atoms with Crippen molar-refractivity contribution in [3.05, 3.63) is 95.9 Å². The van der Waals surface area contributed by atoms with E-state index in [9.17, 15) is 37.7 Å². The molecule has 3 aromatic rings. The summed E-state index contributed by atoms with van der Waals surface area (Å²) in [5, 5.41) is 13.6.